The highest BCUT2D eigenvalue weighted by Gasteiger charge is 1.99. The Morgan fingerprint density at radius 1 is 1.26 bits per heavy atom. The Hall–Kier alpha value is -2.14. The lowest BCUT2D eigenvalue weighted by molar-refractivity contribution is 0.333. The number of hydrogen-bond acceptors (Lipinski definition) is 4. The summed E-state index contributed by atoms with van der Waals surface area (Å²) in [5, 5.41) is 3.23. The van der Waals surface area contributed by atoms with E-state index >= 15 is 0 Å². The average Bonchev–Trinajstić information content (AvgIpc) is 2.45. The molecule has 5 heteroatoms. The van der Waals surface area contributed by atoms with E-state index in [0.29, 0.717) is 23.8 Å². The van der Waals surface area contributed by atoms with E-state index in [9.17, 15) is 0 Å². The third kappa shape index (κ3) is 4.22. The Balaban J connectivity index is 1.80. The molecule has 0 aliphatic rings. The smallest absolute Gasteiger partial charge is 0.122 e. The van der Waals surface area contributed by atoms with Crippen molar-refractivity contribution in [2.45, 2.75) is 0 Å². The number of para-hydroxylation sites is 1. The molecule has 0 radical (unpaired) electrons. The highest BCUT2D eigenvalue weighted by molar-refractivity contribution is 7.80. The largest absolute Gasteiger partial charge is 0.492 e. The summed E-state index contributed by atoms with van der Waals surface area (Å²) in [6.07, 6.45) is 1.68. The van der Waals surface area contributed by atoms with Gasteiger partial charge in [-0.3, -0.25) is 4.98 Å². The van der Waals surface area contributed by atoms with Crippen molar-refractivity contribution in [2.75, 3.05) is 18.5 Å². The number of benzene rings is 1. The molecule has 0 fully saturated rings. The molecule has 2 aromatic rings. The summed E-state index contributed by atoms with van der Waals surface area (Å²) < 4.78 is 5.58. The third-order valence-electron chi connectivity index (χ3n) is 2.46. The van der Waals surface area contributed by atoms with Gasteiger partial charge in [-0.05, 0) is 24.3 Å². The Kier molecular flexibility index (Phi) is 4.69. The lowest BCUT2D eigenvalue weighted by atomic mass is 10.3. The molecule has 1 aromatic heterocycles. The number of aromatic nitrogens is 1. The van der Waals surface area contributed by atoms with E-state index in [2.05, 4.69) is 10.3 Å². The number of pyridine rings is 1. The van der Waals surface area contributed by atoms with E-state index in [1.807, 2.05) is 42.5 Å². The number of nitrogens with one attached hydrogen (secondary N) is 1. The van der Waals surface area contributed by atoms with Crippen LogP contribution >= 0.6 is 12.2 Å². The summed E-state index contributed by atoms with van der Waals surface area (Å²) in [5.41, 5.74) is 7.07. The van der Waals surface area contributed by atoms with Crippen LogP contribution in [0.2, 0.25) is 0 Å². The first-order valence-corrected chi connectivity index (χ1v) is 6.34. The summed E-state index contributed by atoms with van der Waals surface area (Å²) >= 11 is 4.88. The number of rotatable bonds is 6. The highest BCUT2D eigenvalue weighted by Crippen LogP contribution is 2.09. The van der Waals surface area contributed by atoms with Gasteiger partial charge in [-0.15, -0.1) is 0 Å². The van der Waals surface area contributed by atoms with Gasteiger partial charge in [0.15, 0.2) is 0 Å². The van der Waals surface area contributed by atoms with Crippen molar-refractivity contribution in [1.82, 2.24) is 4.98 Å². The summed E-state index contributed by atoms with van der Waals surface area (Å²) in [5.74, 6) is 0.864. The van der Waals surface area contributed by atoms with Gasteiger partial charge in [-0.25, -0.2) is 0 Å². The third-order valence-corrected chi connectivity index (χ3v) is 2.66. The Labute approximate surface area is 117 Å². The molecule has 0 saturated heterocycles. The van der Waals surface area contributed by atoms with Crippen LogP contribution in [0.15, 0.2) is 48.7 Å². The van der Waals surface area contributed by atoms with Gasteiger partial charge in [0.2, 0.25) is 0 Å². The molecule has 19 heavy (non-hydrogen) atoms. The minimum Gasteiger partial charge on any atom is -0.492 e. The molecule has 0 spiro atoms. The molecule has 0 unspecified atom stereocenters. The minimum atomic E-state index is 0.296. The molecule has 0 bridgehead atoms. The van der Waals surface area contributed by atoms with Gasteiger partial charge in [-0.1, -0.05) is 30.4 Å². The van der Waals surface area contributed by atoms with Crippen molar-refractivity contribution in [2.24, 2.45) is 5.73 Å². The van der Waals surface area contributed by atoms with E-state index in [-0.39, 0.29) is 0 Å². The number of anilines is 1. The first-order valence-electron chi connectivity index (χ1n) is 5.93. The monoisotopic (exact) mass is 273 g/mol. The van der Waals surface area contributed by atoms with Crippen molar-refractivity contribution in [3.05, 3.63) is 54.4 Å². The Morgan fingerprint density at radius 2 is 2.05 bits per heavy atom. The van der Waals surface area contributed by atoms with Gasteiger partial charge >= 0.3 is 0 Å². The number of thiocarbonyl (C=S) groups is 1. The van der Waals surface area contributed by atoms with Gasteiger partial charge in [-0.2, -0.15) is 0 Å². The summed E-state index contributed by atoms with van der Waals surface area (Å²) in [6.45, 7) is 1.27. The summed E-state index contributed by atoms with van der Waals surface area (Å²) in [4.78, 5) is 4.37. The SMILES string of the molecule is NC(=S)c1cc(NCCOc2ccccc2)ccn1. The second-order valence-corrected chi connectivity index (χ2v) is 4.32. The Bertz CT molecular complexity index is 545. The molecule has 1 aromatic carbocycles. The number of hydrogen-bond donors (Lipinski definition) is 2. The molecule has 98 valence electrons. The molecule has 0 aliphatic carbocycles. The van der Waals surface area contributed by atoms with Crippen molar-refractivity contribution in [1.29, 1.82) is 0 Å². The first kappa shape index (κ1) is 13.3. The number of nitrogens with zero attached hydrogens (tertiary/aromatic N) is 1. The van der Waals surface area contributed by atoms with E-state index in [0.717, 1.165) is 11.4 Å². The minimum absolute atomic E-state index is 0.296. The van der Waals surface area contributed by atoms with E-state index < -0.39 is 0 Å². The number of nitrogens with two attached hydrogens (primary N) is 1. The highest BCUT2D eigenvalue weighted by atomic mass is 32.1. The lowest BCUT2D eigenvalue weighted by Crippen LogP contribution is -2.14. The zero-order chi connectivity index (χ0) is 13.5. The van der Waals surface area contributed by atoms with Crippen LogP contribution in [-0.4, -0.2) is 23.1 Å². The van der Waals surface area contributed by atoms with Crippen molar-refractivity contribution in [3.63, 3.8) is 0 Å². The molecule has 3 N–H and O–H groups in total. The quantitative estimate of drug-likeness (QED) is 0.624. The van der Waals surface area contributed by atoms with Crippen LogP contribution in [0.3, 0.4) is 0 Å². The maximum atomic E-state index is 5.58. The van der Waals surface area contributed by atoms with Crippen LogP contribution in [0.5, 0.6) is 5.75 Å². The molecular weight excluding hydrogens is 258 g/mol. The second kappa shape index (κ2) is 6.70. The fourth-order valence-corrected chi connectivity index (χ4v) is 1.67. The van der Waals surface area contributed by atoms with E-state index in [4.69, 9.17) is 22.7 Å². The molecule has 4 nitrogen and oxygen atoms in total. The zero-order valence-electron chi connectivity index (χ0n) is 10.4. The molecule has 0 amide bonds. The van der Waals surface area contributed by atoms with Gasteiger partial charge in [0.05, 0.1) is 5.69 Å². The second-order valence-electron chi connectivity index (χ2n) is 3.88. The zero-order valence-corrected chi connectivity index (χ0v) is 11.2. The standard InChI is InChI=1S/C14H15N3OS/c15-14(19)13-10-11(6-7-17-13)16-8-9-18-12-4-2-1-3-5-12/h1-7,10H,8-9H2,(H2,15,19)(H,16,17). The fourth-order valence-electron chi connectivity index (χ4n) is 1.56. The normalized spacial score (nSPS) is 9.89. The molecule has 0 aliphatic heterocycles. The van der Waals surface area contributed by atoms with Crippen LogP contribution in [0.25, 0.3) is 0 Å². The fraction of sp³-hybridized carbons (Fsp3) is 0.143. The van der Waals surface area contributed by atoms with E-state index in [1.54, 1.807) is 6.20 Å². The van der Waals surface area contributed by atoms with Gasteiger partial charge in [0.25, 0.3) is 0 Å². The van der Waals surface area contributed by atoms with Crippen LogP contribution < -0.4 is 15.8 Å². The van der Waals surface area contributed by atoms with Crippen LogP contribution in [0, 0.1) is 0 Å². The maximum absolute atomic E-state index is 5.58. The molecular formula is C14H15N3OS. The summed E-state index contributed by atoms with van der Waals surface area (Å²) in [7, 11) is 0. The van der Waals surface area contributed by atoms with E-state index in [1.165, 1.54) is 0 Å². The van der Waals surface area contributed by atoms with Crippen LogP contribution in [0.1, 0.15) is 5.69 Å². The molecule has 1 heterocycles. The predicted octanol–water partition coefficient (Wildman–Crippen LogP) is 2.21. The molecule has 0 saturated carbocycles. The first-order chi connectivity index (χ1) is 9.25. The number of ether oxygens (including phenoxy) is 1. The molecule has 0 atom stereocenters. The molecule has 2 rings (SSSR count). The summed E-state index contributed by atoms with van der Waals surface area (Å²) in [6, 6.07) is 13.4. The predicted molar refractivity (Wildman–Crippen MR) is 80.6 cm³/mol. The average molecular weight is 273 g/mol. The topological polar surface area (TPSA) is 60.2 Å². The Morgan fingerprint density at radius 3 is 2.79 bits per heavy atom. The van der Waals surface area contributed by atoms with Crippen LogP contribution in [-0.2, 0) is 0 Å². The lowest BCUT2D eigenvalue weighted by Gasteiger charge is -2.09. The van der Waals surface area contributed by atoms with Crippen molar-refractivity contribution in [3.8, 4) is 5.75 Å². The van der Waals surface area contributed by atoms with Gasteiger partial charge in [0, 0.05) is 18.4 Å². The van der Waals surface area contributed by atoms with Crippen LogP contribution in [0.4, 0.5) is 5.69 Å². The van der Waals surface area contributed by atoms with Crippen molar-refractivity contribution < 1.29 is 4.74 Å². The van der Waals surface area contributed by atoms with Crippen molar-refractivity contribution >= 4 is 22.9 Å². The van der Waals surface area contributed by atoms with Gasteiger partial charge < -0.3 is 15.8 Å². The van der Waals surface area contributed by atoms with Gasteiger partial charge in [0.1, 0.15) is 17.3 Å². The maximum Gasteiger partial charge on any atom is 0.122 e.